The van der Waals surface area contributed by atoms with Crippen LogP contribution in [0.2, 0.25) is 0 Å². The van der Waals surface area contributed by atoms with Gasteiger partial charge in [-0.05, 0) is 64.1 Å². The second-order valence-electron chi connectivity index (χ2n) is 9.79. The minimum Gasteiger partial charge on any atom is -0.139 e. The first-order valence-electron chi connectivity index (χ1n) is 13.1. The second-order valence-corrected chi connectivity index (χ2v) is 12.1. The molecular weight excluding hydrogens is 509 g/mol. The first kappa shape index (κ1) is 23.8. The number of hydrogen-bond acceptors (Lipinski definition) is 2. The Labute approximate surface area is 236 Å². The smallest absolute Gasteiger partial charge is 0.0433 e. The van der Waals surface area contributed by atoms with Crippen molar-refractivity contribution in [2.24, 2.45) is 0 Å². The number of hydrogen-bond donors (Lipinski definition) is 0. The maximum absolute atomic E-state index is 3.84. The number of fused-ring (bicyclic) bond motifs is 4. The minimum atomic E-state index is 1.23. The lowest BCUT2D eigenvalue weighted by molar-refractivity contribution is 1.60. The number of aryl methyl sites for hydroxylation is 1. The summed E-state index contributed by atoms with van der Waals surface area (Å²) in [5.41, 5.74) is 8.83. The molecule has 39 heavy (non-hydrogen) atoms. The summed E-state index contributed by atoms with van der Waals surface area (Å²) >= 11 is 3.75. The Morgan fingerprint density at radius 2 is 1.13 bits per heavy atom. The van der Waals surface area contributed by atoms with E-state index in [2.05, 4.69) is 129 Å². The summed E-state index contributed by atoms with van der Waals surface area (Å²) in [4.78, 5) is 1.33. The molecule has 0 aliphatic rings. The van der Waals surface area contributed by atoms with E-state index in [1.807, 2.05) is 34.8 Å². The number of benzene rings is 5. The zero-order valence-corrected chi connectivity index (χ0v) is 23.3. The lowest BCUT2D eigenvalue weighted by Gasteiger charge is -2.10. The van der Waals surface area contributed by atoms with Crippen molar-refractivity contribution in [3.8, 4) is 33.4 Å². The summed E-state index contributed by atoms with van der Waals surface area (Å²) in [6, 6.07) is 40.0. The Kier molecular flexibility index (Phi) is 6.00. The molecule has 0 N–H and O–H groups in total. The molecule has 2 heteroatoms. The van der Waals surface area contributed by atoms with Gasteiger partial charge in [-0.15, -0.1) is 22.7 Å². The van der Waals surface area contributed by atoms with E-state index in [1.165, 1.54) is 74.1 Å². The van der Waals surface area contributed by atoms with Gasteiger partial charge in [-0.2, -0.15) is 0 Å². The van der Waals surface area contributed by atoms with Crippen molar-refractivity contribution in [3.05, 3.63) is 138 Å². The Balaban J connectivity index is 1.33. The van der Waals surface area contributed by atoms with Gasteiger partial charge in [0.25, 0.3) is 0 Å². The second kappa shape index (κ2) is 9.81. The first-order chi connectivity index (χ1) is 19.2. The molecular formula is C37H26S2. The highest BCUT2D eigenvalue weighted by Gasteiger charge is 2.13. The van der Waals surface area contributed by atoms with Crippen molar-refractivity contribution >= 4 is 59.0 Å². The molecule has 0 spiro atoms. The molecule has 0 saturated carbocycles. The fraction of sp³-hybridized carbons (Fsp3) is 0.0270. The molecule has 0 unspecified atom stereocenters. The van der Waals surface area contributed by atoms with Crippen molar-refractivity contribution in [1.29, 1.82) is 0 Å². The van der Waals surface area contributed by atoms with Crippen LogP contribution in [0.15, 0.2) is 128 Å². The van der Waals surface area contributed by atoms with E-state index in [9.17, 15) is 0 Å². The van der Waals surface area contributed by atoms with Crippen LogP contribution in [0, 0.1) is 6.92 Å². The van der Waals surface area contributed by atoms with Crippen molar-refractivity contribution < 1.29 is 0 Å². The molecule has 0 amide bonds. The molecule has 0 bridgehead atoms. The summed E-state index contributed by atoms with van der Waals surface area (Å²) in [6.45, 7) is 6.05. The number of rotatable bonds is 5. The third-order valence-corrected chi connectivity index (χ3v) is 9.81. The largest absolute Gasteiger partial charge is 0.139 e. The molecule has 7 rings (SSSR count). The van der Waals surface area contributed by atoms with Crippen LogP contribution in [0.3, 0.4) is 0 Å². The third-order valence-electron chi connectivity index (χ3n) is 7.42. The van der Waals surface area contributed by atoms with Gasteiger partial charge in [-0.3, -0.25) is 0 Å². The van der Waals surface area contributed by atoms with Gasteiger partial charge >= 0.3 is 0 Å². The van der Waals surface area contributed by atoms with Crippen LogP contribution in [0.1, 0.15) is 10.4 Å². The molecule has 5 aromatic carbocycles. The summed E-state index contributed by atoms with van der Waals surface area (Å²) < 4.78 is 4.02. The predicted octanol–water partition coefficient (Wildman–Crippen LogP) is 11.8. The fourth-order valence-corrected chi connectivity index (χ4v) is 7.98. The van der Waals surface area contributed by atoms with E-state index in [0.29, 0.717) is 0 Å². The van der Waals surface area contributed by atoms with E-state index in [-0.39, 0.29) is 0 Å². The highest BCUT2D eigenvalue weighted by atomic mass is 32.1. The van der Waals surface area contributed by atoms with Gasteiger partial charge < -0.3 is 0 Å². The zero-order valence-electron chi connectivity index (χ0n) is 21.6. The minimum absolute atomic E-state index is 1.23. The molecule has 0 saturated heterocycles. The Morgan fingerprint density at radius 1 is 0.564 bits per heavy atom. The first-order valence-corrected chi connectivity index (χ1v) is 14.8. The standard InChI is InChI=1S/C37H26S2/c1-3-4-15-29-24(2)38-36-30(17-9-19-33(29)36)27-13-7-11-25(22-27)26-12-8-14-28(23-26)31-18-10-20-34-32-16-5-6-21-35(32)39-37(31)34/h3-23H,1H2,2H3/b15-4-. The molecule has 2 aromatic heterocycles. The van der Waals surface area contributed by atoms with E-state index in [4.69, 9.17) is 0 Å². The maximum Gasteiger partial charge on any atom is 0.0433 e. The highest BCUT2D eigenvalue weighted by molar-refractivity contribution is 7.26. The average Bonchev–Trinajstić information content (AvgIpc) is 3.53. The van der Waals surface area contributed by atoms with Gasteiger partial charge in [0.05, 0.1) is 0 Å². The van der Waals surface area contributed by atoms with Crippen LogP contribution >= 0.6 is 22.7 Å². The van der Waals surface area contributed by atoms with Crippen molar-refractivity contribution in [2.45, 2.75) is 6.92 Å². The van der Waals surface area contributed by atoms with Gasteiger partial charge in [-0.1, -0.05) is 116 Å². The van der Waals surface area contributed by atoms with Gasteiger partial charge in [-0.25, -0.2) is 0 Å². The summed E-state index contributed by atoms with van der Waals surface area (Å²) in [7, 11) is 0. The quantitative estimate of drug-likeness (QED) is 0.193. The van der Waals surface area contributed by atoms with Crippen LogP contribution in [0.25, 0.3) is 69.7 Å². The zero-order chi connectivity index (χ0) is 26.3. The van der Waals surface area contributed by atoms with E-state index >= 15 is 0 Å². The molecule has 0 nitrogen and oxygen atoms in total. The molecule has 0 fully saturated rings. The van der Waals surface area contributed by atoms with Crippen LogP contribution in [0.5, 0.6) is 0 Å². The lowest BCUT2D eigenvalue weighted by atomic mass is 9.95. The molecule has 2 heterocycles. The topological polar surface area (TPSA) is 0 Å². The molecule has 7 aromatic rings. The summed E-state index contributed by atoms with van der Waals surface area (Å²) in [6.07, 6.45) is 6.03. The number of allylic oxidation sites excluding steroid dienone is 2. The summed E-state index contributed by atoms with van der Waals surface area (Å²) in [5.74, 6) is 0. The number of thiophene rings is 2. The molecule has 0 atom stereocenters. The van der Waals surface area contributed by atoms with E-state index < -0.39 is 0 Å². The van der Waals surface area contributed by atoms with Gasteiger partial charge in [0.15, 0.2) is 0 Å². The lowest BCUT2D eigenvalue weighted by Crippen LogP contribution is -1.84. The van der Waals surface area contributed by atoms with Crippen molar-refractivity contribution in [3.63, 3.8) is 0 Å². The predicted molar refractivity (Wildman–Crippen MR) is 175 cm³/mol. The van der Waals surface area contributed by atoms with Gasteiger partial charge in [0.1, 0.15) is 0 Å². The van der Waals surface area contributed by atoms with E-state index in [0.717, 1.165) is 0 Å². The monoisotopic (exact) mass is 534 g/mol. The Hall–Kier alpha value is -4.24. The Morgan fingerprint density at radius 3 is 1.82 bits per heavy atom. The molecule has 0 aliphatic carbocycles. The molecule has 0 radical (unpaired) electrons. The normalized spacial score (nSPS) is 11.7. The SMILES string of the molecule is C=C/C=C\c1c(C)sc2c(-c3cccc(-c4cccc(-c5cccc6c5sc5ccccc56)c4)c3)cccc12. The van der Waals surface area contributed by atoms with Gasteiger partial charge in [0, 0.05) is 35.1 Å². The maximum atomic E-state index is 3.84. The van der Waals surface area contributed by atoms with Crippen LogP contribution in [0.4, 0.5) is 0 Å². The summed E-state index contributed by atoms with van der Waals surface area (Å²) in [5, 5.41) is 3.98. The Bertz CT molecular complexity index is 2050. The third kappa shape index (κ3) is 4.13. The molecule has 0 aliphatic heterocycles. The average molecular weight is 535 g/mol. The van der Waals surface area contributed by atoms with Crippen LogP contribution in [-0.4, -0.2) is 0 Å². The van der Waals surface area contributed by atoms with Crippen LogP contribution in [-0.2, 0) is 0 Å². The fourth-order valence-electron chi connectivity index (χ4n) is 5.56. The van der Waals surface area contributed by atoms with E-state index in [1.54, 1.807) is 0 Å². The molecule has 186 valence electrons. The van der Waals surface area contributed by atoms with Crippen molar-refractivity contribution in [2.75, 3.05) is 0 Å². The van der Waals surface area contributed by atoms with Crippen molar-refractivity contribution in [1.82, 2.24) is 0 Å². The van der Waals surface area contributed by atoms with Gasteiger partial charge in [0.2, 0.25) is 0 Å². The van der Waals surface area contributed by atoms with Crippen LogP contribution < -0.4 is 0 Å². The highest BCUT2D eigenvalue weighted by Crippen LogP contribution is 2.42.